The number of oxime groups is 1. The molecular weight excluding hydrogens is 280 g/mol. The average molecular weight is 306 g/mol. The third-order valence-electron chi connectivity index (χ3n) is 3.79. The van der Waals surface area contributed by atoms with Crippen molar-refractivity contribution in [1.29, 1.82) is 0 Å². The molecule has 0 saturated carbocycles. The van der Waals surface area contributed by atoms with E-state index in [9.17, 15) is 0 Å². The highest BCUT2D eigenvalue weighted by molar-refractivity contribution is 5.86. The Morgan fingerprint density at radius 2 is 2.00 bits per heavy atom. The smallest absolute Gasteiger partial charge is 0.174 e. The van der Waals surface area contributed by atoms with Crippen LogP contribution in [-0.4, -0.2) is 49.6 Å². The number of ether oxygens (including phenoxy) is 2. The number of hydrogen-bond donors (Lipinski definition) is 0. The second-order valence-electron chi connectivity index (χ2n) is 5.31. The molecule has 1 atom stereocenters. The van der Waals surface area contributed by atoms with E-state index in [1.54, 1.807) is 0 Å². The quantitative estimate of drug-likeness (QED) is 0.421. The van der Waals surface area contributed by atoms with Gasteiger partial charge in [-0.3, -0.25) is 0 Å². The number of hydrogen-bond acceptors (Lipinski definition) is 5. The maximum absolute atomic E-state index is 5.88. The van der Waals surface area contributed by atoms with Crippen LogP contribution in [0.3, 0.4) is 0 Å². The zero-order chi connectivity index (χ0) is 15.8. The Morgan fingerprint density at radius 1 is 1.27 bits per heavy atom. The van der Waals surface area contributed by atoms with E-state index in [2.05, 4.69) is 23.9 Å². The van der Waals surface area contributed by atoms with E-state index in [0.29, 0.717) is 13.2 Å². The summed E-state index contributed by atoms with van der Waals surface area (Å²) >= 11 is 0. The van der Waals surface area contributed by atoms with E-state index < -0.39 is 0 Å². The average Bonchev–Trinajstić information content (AvgIpc) is 2.57. The van der Waals surface area contributed by atoms with Gasteiger partial charge in [0.05, 0.1) is 5.71 Å². The first-order valence-electron chi connectivity index (χ1n) is 8.01. The van der Waals surface area contributed by atoms with Crippen molar-refractivity contribution < 1.29 is 14.3 Å². The summed E-state index contributed by atoms with van der Waals surface area (Å²) in [5.41, 5.74) is 0.803. The molecule has 0 spiro atoms. The molecule has 122 valence electrons. The first kappa shape index (κ1) is 16.6. The van der Waals surface area contributed by atoms with Crippen molar-refractivity contribution in [1.82, 2.24) is 4.90 Å². The minimum atomic E-state index is -0.183. The van der Waals surface area contributed by atoms with Gasteiger partial charge in [0.2, 0.25) is 0 Å². The lowest BCUT2D eigenvalue weighted by Crippen LogP contribution is -2.35. The number of benzene rings is 1. The Bertz CT molecular complexity index is 487. The minimum Gasteiger partial charge on any atom is -0.485 e. The van der Waals surface area contributed by atoms with Gasteiger partial charge >= 0.3 is 0 Å². The standard InChI is InChI=1S/C17H26N2O3/c1-4-19(5-2)11-8-12-21-18-14(3)17-13-20-15-9-6-7-10-16(15)22-17/h6-7,9-10,17H,4-5,8,11-13H2,1-3H3/b18-14-. The topological polar surface area (TPSA) is 43.3 Å². The predicted octanol–water partition coefficient (Wildman–Crippen LogP) is 2.95. The fraction of sp³-hybridized carbons (Fsp3) is 0.588. The van der Waals surface area contributed by atoms with Crippen LogP contribution < -0.4 is 9.47 Å². The van der Waals surface area contributed by atoms with Gasteiger partial charge in [-0.2, -0.15) is 0 Å². The summed E-state index contributed by atoms with van der Waals surface area (Å²) in [6.07, 6.45) is 0.793. The summed E-state index contributed by atoms with van der Waals surface area (Å²) in [5, 5.41) is 4.16. The van der Waals surface area contributed by atoms with Gasteiger partial charge in [-0.1, -0.05) is 31.1 Å². The molecule has 5 nitrogen and oxygen atoms in total. The molecule has 5 heteroatoms. The van der Waals surface area contributed by atoms with Gasteiger partial charge in [0, 0.05) is 6.54 Å². The lowest BCUT2D eigenvalue weighted by molar-refractivity contribution is 0.111. The lowest BCUT2D eigenvalue weighted by Gasteiger charge is -2.25. The van der Waals surface area contributed by atoms with Crippen LogP contribution in [0.1, 0.15) is 27.2 Å². The molecule has 0 bridgehead atoms. The molecule has 0 radical (unpaired) electrons. The second kappa shape index (κ2) is 8.63. The molecule has 22 heavy (non-hydrogen) atoms. The van der Waals surface area contributed by atoms with Gasteiger partial charge in [-0.05, 0) is 38.6 Å². The number of rotatable bonds is 8. The van der Waals surface area contributed by atoms with Gasteiger partial charge in [0.1, 0.15) is 13.2 Å². The van der Waals surface area contributed by atoms with E-state index in [4.69, 9.17) is 14.3 Å². The van der Waals surface area contributed by atoms with Crippen molar-refractivity contribution in [2.75, 3.05) is 32.8 Å². The van der Waals surface area contributed by atoms with Crippen LogP contribution in [0.15, 0.2) is 29.4 Å². The van der Waals surface area contributed by atoms with Crippen LogP contribution >= 0.6 is 0 Å². The van der Waals surface area contributed by atoms with Gasteiger partial charge in [0.15, 0.2) is 17.6 Å². The van der Waals surface area contributed by atoms with Crippen LogP contribution in [0.4, 0.5) is 0 Å². The molecular formula is C17H26N2O3. The van der Waals surface area contributed by atoms with Crippen molar-refractivity contribution >= 4 is 5.71 Å². The summed E-state index contributed by atoms with van der Waals surface area (Å²) in [6.45, 7) is 10.5. The molecule has 1 heterocycles. The third kappa shape index (κ3) is 4.63. The summed E-state index contributed by atoms with van der Waals surface area (Å²) in [5.74, 6) is 1.54. The summed E-state index contributed by atoms with van der Waals surface area (Å²) in [4.78, 5) is 7.77. The second-order valence-corrected chi connectivity index (χ2v) is 5.31. The maximum atomic E-state index is 5.88. The molecule has 0 aliphatic carbocycles. The normalized spacial score (nSPS) is 17.6. The van der Waals surface area contributed by atoms with Crippen molar-refractivity contribution in [2.45, 2.75) is 33.3 Å². The third-order valence-corrected chi connectivity index (χ3v) is 3.79. The van der Waals surface area contributed by atoms with E-state index in [1.165, 1.54) is 0 Å². The minimum absolute atomic E-state index is 0.183. The Hall–Kier alpha value is -1.75. The van der Waals surface area contributed by atoms with Crippen LogP contribution in [0.2, 0.25) is 0 Å². The molecule has 1 unspecified atom stereocenters. The Morgan fingerprint density at radius 3 is 2.73 bits per heavy atom. The SMILES string of the molecule is CCN(CC)CCCO/N=C(/C)C1COc2ccccc2O1. The van der Waals surface area contributed by atoms with Crippen LogP contribution in [0.5, 0.6) is 11.5 Å². The number of para-hydroxylation sites is 2. The number of nitrogens with zero attached hydrogens (tertiary/aromatic N) is 2. The van der Waals surface area contributed by atoms with E-state index >= 15 is 0 Å². The molecule has 1 aromatic carbocycles. The van der Waals surface area contributed by atoms with Crippen LogP contribution in [0, 0.1) is 0 Å². The van der Waals surface area contributed by atoms with Crippen molar-refractivity contribution in [3.8, 4) is 11.5 Å². The van der Waals surface area contributed by atoms with Gasteiger partial charge in [-0.15, -0.1) is 0 Å². The Kier molecular flexibility index (Phi) is 6.52. The highest BCUT2D eigenvalue weighted by atomic mass is 16.6. The number of fused-ring (bicyclic) bond motifs is 1. The molecule has 0 aromatic heterocycles. The largest absolute Gasteiger partial charge is 0.485 e. The van der Waals surface area contributed by atoms with E-state index in [0.717, 1.165) is 43.3 Å². The van der Waals surface area contributed by atoms with Crippen molar-refractivity contribution in [3.63, 3.8) is 0 Å². The van der Waals surface area contributed by atoms with Crippen molar-refractivity contribution in [2.24, 2.45) is 5.16 Å². The van der Waals surface area contributed by atoms with Gasteiger partial charge < -0.3 is 19.2 Å². The monoisotopic (exact) mass is 306 g/mol. The highest BCUT2D eigenvalue weighted by Crippen LogP contribution is 2.31. The lowest BCUT2D eigenvalue weighted by atomic mass is 10.2. The van der Waals surface area contributed by atoms with Gasteiger partial charge in [-0.25, -0.2) is 0 Å². The molecule has 2 rings (SSSR count). The zero-order valence-electron chi connectivity index (χ0n) is 13.7. The molecule has 0 N–H and O–H groups in total. The summed E-state index contributed by atoms with van der Waals surface area (Å²) in [6, 6.07) is 7.67. The van der Waals surface area contributed by atoms with Crippen LogP contribution in [-0.2, 0) is 4.84 Å². The fourth-order valence-electron chi connectivity index (χ4n) is 2.32. The first-order valence-corrected chi connectivity index (χ1v) is 8.01. The Labute approximate surface area is 132 Å². The van der Waals surface area contributed by atoms with Gasteiger partial charge in [0.25, 0.3) is 0 Å². The first-order chi connectivity index (χ1) is 10.7. The molecule has 0 amide bonds. The molecule has 1 aliphatic rings. The Balaban J connectivity index is 1.74. The zero-order valence-corrected chi connectivity index (χ0v) is 13.7. The van der Waals surface area contributed by atoms with E-state index in [-0.39, 0.29) is 6.10 Å². The molecule has 1 aliphatic heterocycles. The van der Waals surface area contributed by atoms with Crippen molar-refractivity contribution in [3.05, 3.63) is 24.3 Å². The maximum Gasteiger partial charge on any atom is 0.174 e. The predicted molar refractivity (Wildman–Crippen MR) is 87.8 cm³/mol. The fourth-order valence-corrected chi connectivity index (χ4v) is 2.32. The summed E-state index contributed by atoms with van der Waals surface area (Å²) in [7, 11) is 0. The van der Waals surface area contributed by atoms with E-state index in [1.807, 2.05) is 31.2 Å². The summed E-state index contributed by atoms with van der Waals surface area (Å²) < 4.78 is 11.6. The highest BCUT2D eigenvalue weighted by Gasteiger charge is 2.23. The molecule has 0 fully saturated rings. The molecule has 1 aromatic rings. The molecule has 0 saturated heterocycles. The van der Waals surface area contributed by atoms with Crippen LogP contribution in [0.25, 0.3) is 0 Å².